The van der Waals surface area contributed by atoms with Gasteiger partial charge < -0.3 is 25.4 Å². The lowest BCUT2D eigenvalue weighted by Crippen LogP contribution is -2.04. The number of hydrogen-bond donors (Lipinski definition) is 5. The number of carboxylic acid groups (broad SMARTS) is 2. The number of nitrogens with one attached hydrogen (secondary N) is 1. The summed E-state index contributed by atoms with van der Waals surface area (Å²) in [6.45, 7) is 6.53. The predicted octanol–water partition coefficient (Wildman–Crippen LogP) is 7.57. The molecule has 0 unspecified atom stereocenters. The zero-order chi connectivity index (χ0) is 31.5. The van der Waals surface area contributed by atoms with Crippen LogP contribution in [0.5, 0.6) is 11.5 Å². The SMILES string of the molecule is Cc1cccc([C@H](C)c2cnc[nH]2)c1C.O=C(O)c1cc2ccccc2c(Cc2c(O)c(C(=O)O)cc3ccccc23)c1O. The summed E-state index contributed by atoms with van der Waals surface area (Å²) < 4.78 is 0. The molecule has 0 aliphatic heterocycles. The second-order valence-corrected chi connectivity index (χ2v) is 10.7. The molecule has 6 aromatic rings. The number of aryl methyl sites for hydroxylation is 1. The lowest BCUT2D eigenvalue weighted by Gasteiger charge is -2.16. The molecule has 1 heterocycles. The number of rotatable bonds is 6. The molecule has 5 aromatic carbocycles. The molecule has 0 amide bonds. The Balaban J connectivity index is 0.000000215. The van der Waals surface area contributed by atoms with Crippen LogP contribution in [0.3, 0.4) is 0 Å². The van der Waals surface area contributed by atoms with E-state index in [2.05, 4.69) is 48.9 Å². The van der Waals surface area contributed by atoms with Gasteiger partial charge in [-0.3, -0.25) is 0 Å². The minimum atomic E-state index is -1.28. The van der Waals surface area contributed by atoms with Gasteiger partial charge in [0.2, 0.25) is 0 Å². The third kappa shape index (κ3) is 5.70. The maximum absolute atomic E-state index is 11.6. The molecule has 0 aliphatic carbocycles. The van der Waals surface area contributed by atoms with Crippen molar-refractivity contribution in [2.45, 2.75) is 33.1 Å². The minimum Gasteiger partial charge on any atom is -0.507 e. The normalized spacial score (nSPS) is 11.6. The largest absolute Gasteiger partial charge is 0.507 e. The molecular formula is C36H32N2O6. The summed E-state index contributed by atoms with van der Waals surface area (Å²) in [5.74, 6) is -2.97. The summed E-state index contributed by atoms with van der Waals surface area (Å²) in [5.41, 5.74) is 5.38. The van der Waals surface area contributed by atoms with Crippen LogP contribution in [0.2, 0.25) is 0 Å². The Morgan fingerprint density at radius 2 is 1.30 bits per heavy atom. The fourth-order valence-electron chi connectivity index (χ4n) is 5.60. The Morgan fingerprint density at radius 1 is 0.773 bits per heavy atom. The van der Waals surface area contributed by atoms with Gasteiger partial charge in [0.15, 0.2) is 0 Å². The number of aromatic amines is 1. The van der Waals surface area contributed by atoms with Crippen molar-refractivity contribution in [1.29, 1.82) is 0 Å². The number of carboxylic acids is 2. The maximum Gasteiger partial charge on any atom is 0.339 e. The number of imidazole rings is 1. The van der Waals surface area contributed by atoms with Gasteiger partial charge in [0, 0.05) is 35.4 Å². The van der Waals surface area contributed by atoms with Crippen molar-refractivity contribution in [3.8, 4) is 11.5 Å². The Bertz CT molecular complexity index is 1910. The highest BCUT2D eigenvalue weighted by Crippen LogP contribution is 2.38. The van der Waals surface area contributed by atoms with Crippen LogP contribution in [0.15, 0.2) is 91.4 Å². The van der Waals surface area contributed by atoms with Gasteiger partial charge in [-0.1, -0.05) is 73.7 Å². The van der Waals surface area contributed by atoms with E-state index in [0.29, 0.717) is 38.6 Å². The zero-order valence-electron chi connectivity index (χ0n) is 24.5. The number of H-pyrrole nitrogens is 1. The van der Waals surface area contributed by atoms with Crippen LogP contribution in [-0.2, 0) is 6.42 Å². The first kappa shape index (κ1) is 29.8. The van der Waals surface area contributed by atoms with Crippen LogP contribution in [0.1, 0.15) is 67.1 Å². The quantitative estimate of drug-likeness (QED) is 0.135. The first-order valence-corrected chi connectivity index (χ1v) is 14.1. The van der Waals surface area contributed by atoms with Gasteiger partial charge >= 0.3 is 11.9 Å². The van der Waals surface area contributed by atoms with Crippen molar-refractivity contribution in [3.63, 3.8) is 0 Å². The standard InChI is InChI=1S/C23H16O6.C13H16N2/c24-20-16(14-7-3-1-5-12(14)9-18(20)22(26)27)11-17-15-8-4-2-6-13(15)10-19(21(17)25)23(28)29;1-9-5-4-6-12(10(9)2)11(3)13-7-14-8-15-13/h1-10,24-25H,11H2,(H,26,27)(H,28,29);4-8,11H,1-3H3,(H,14,15)/t;11-/m.0/s1. The molecule has 0 fully saturated rings. The van der Waals surface area contributed by atoms with Gasteiger partial charge in [0.1, 0.15) is 22.6 Å². The van der Waals surface area contributed by atoms with E-state index in [1.165, 1.54) is 34.5 Å². The van der Waals surface area contributed by atoms with Crippen LogP contribution in [0.25, 0.3) is 21.5 Å². The molecule has 0 radical (unpaired) electrons. The van der Waals surface area contributed by atoms with Crippen molar-refractivity contribution in [3.05, 3.63) is 136 Å². The monoisotopic (exact) mass is 588 g/mol. The van der Waals surface area contributed by atoms with E-state index in [1.54, 1.807) is 54.9 Å². The minimum absolute atomic E-state index is 0.0407. The first-order valence-electron chi connectivity index (χ1n) is 14.1. The summed E-state index contributed by atoms with van der Waals surface area (Å²) in [4.78, 5) is 30.4. The zero-order valence-corrected chi connectivity index (χ0v) is 24.5. The number of nitrogens with zero attached hydrogens (tertiary/aromatic N) is 1. The van der Waals surface area contributed by atoms with Gasteiger partial charge in [-0.15, -0.1) is 0 Å². The second kappa shape index (κ2) is 12.3. The first-order chi connectivity index (χ1) is 21.1. The molecule has 44 heavy (non-hydrogen) atoms. The Hall–Kier alpha value is -5.63. The van der Waals surface area contributed by atoms with Gasteiger partial charge in [-0.2, -0.15) is 0 Å². The molecule has 1 aromatic heterocycles. The van der Waals surface area contributed by atoms with Crippen LogP contribution >= 0.6 is 0 Å². The topological polar surface area (TPSA) is 144 Å². The summed E-state index contributed by atoms with van der Waals surface area (Å²) in [6, 6.07) is 23.2. The van der Waals surface area contributed by atoms with E-state index < -0.39 is 23.4 Å². The Kier molecular flexibility index (Phi) is 8.35. The Labute approximate surface area is 253 Å². The number of aromatic hydroxyl groups is 2. The van der Waals surface area contributed by atoms with E-state index in [0.717, 1.165) is 0 Å². The van der Waals surface area contributed by atoms with Crippen molar-refractivity contribution < 1.29 is 30.0 Å². The van der Waals surface area contributed by atoms with Crippen LogP contribution in [0.4, 0.5) is 0 Å². The van der Waals surface area contributed by atoms with Gasteiger partial charge in [-0.05, 0) is 64.2 Å². The number of aromatic carboxylic acids is 2. The van der Waals surface area contributed by atoms with Crippen molar-refractivity contribution >= 4 is 33.5 Å². The molecule has 8 nitrogen and oxygen atoms in total. The second-order valence-electron chi connectivity index (χ2n) is 10.7. The lowest BCUT2D eigenvalue weighted by atomic mass is 9.90. The van der Waals surface area contributed by atoms with E-state index >= 15 is 0 Å². The smallest absolute Gasteiger partial charge is 0.339 e. The van der Waals surface area contributed by atoms with E-state index in [4.69, 9.17) is 0 Å². The van der Waals surface area contributed by atoms with Gasteiger partial charge in [0.05, 0.1) is 6.33 Å². The number of hydrogen-bond acceptors (Lipinski definition) is 5. The molecule has 0 bridgehead atoms. The van der Waals surface area contributed by atoms with Crippen LogP contribution < -0.4 is 0 Å². The molecule has 0 aliphatic rings. The Morgan fingerprint density at radius 3 is 1.77 bits per heavy atom. The number of carbonyl (C=O) groups is 2. The number of phenols is 2. The number of fused-ring (bicyclic) bond motifs is 2. The predicted molar refractivity (Wildman–Crippen MR) is 170 cm³/mol. The summed E-state index contributed by atoms with van der Waals surface area (Å²) >= 11 is 0. The van der Waals surface area contributed by atoms with Crippen molar-refractivity contribution in [1.82, 2.24) is 9.97 Å². The van der Waals surface area contributed by atoms with E-state index in [9.17, 15) is 30.0 Å². The summed E-state index contributed by atoms with van der Waals surface area (Å²) in [7, 11) is 0. The molecule has 0 spiro atoms. The van der Waals surface area contributed by atoms with E-state index in [-0.39, 0.29) is 17.5 Å². The molecule has 222 valence electrons. The third-order valence-corrected chi connectivity index (χ3v) is 8.17. The maximum atomic E-state index is 11.6. The molecular weight excluding hydrogens is 556 g/mol. The molecule has 0 saturated carbocycles. The van der Waals surface area contributed by atoms with Crippen molar-refractivity contribution in [2.75, 3.05) is 0 Å². The average molecular weight is 589 g/mol. The third-order valence-electron chi connectivity index (χ3n) is 8.17. The highest BCUT2D eigenvalue weighted by Gasteiger charge is 2.22. The molecule has 0 saturated heterocycles. The molecule has 6 rings (SSSR count). The average Bonchev–Trinajstić information content (AvgIpc) is 3.56. The van der Waals surface area contributed by atoms with Crippen molar-refractivity contribution in [2.24, 2.45) is 0 Å². The molecule has 5 N–H and O–H groups in total. The lowest BCUT2D eigenvalue weighted by molar-refractivity contribution is 0.0682. The van der Waals surface area contributed by atoms with Gasteiger partial charge in [-0.25, -0.2) is 14.6 Å². The highest BCUT2D eigenvalue weighted by molar-refractivity contribution is 6.02. The highest BCUT2D eigenvalue weighted by atomic mass is 16.4. The molecule has 8 heteroatoms. The van der Waals surface area contributed by atoms with Crippen LogP contribution in [0, 0.1) is 13.8 Å². The summed E-state index contributed by atoms with van der Waals surface area (Å²) in [5, 5.41) is 42.8. The van der Waals surface area contributed by atoms with E-state index in [1.807, 2.05) is 6.20 Å². The number of benzene rings is 5. The summed E-state index contributed by atoms with van der Waals surface area (Å²) in [6.07, 6.45) is 3.59. The molecule has 1 atom stereocenters. The van der Waals surface area contributed by atoms with Crippen LogP contribution in [-0.4, -0.2) is 42.3 Å². The van der Waals surface area contributed by atoms with Gasteiger partial charge in [0.25, 0.3) is 0 Å². The number of aromatic nitrogens is 2. The fourth-order valence-corrected chi connectivity index (χ4v) is 5.60. The fraction of sp³-hybridized carbons (Fsp3) is 0.139.